The van der Waals surface area contributed by atoms with Gasteiger partial charge in [-0.3, -0.25) is 4.84 Å². The highest BCUT2D eigenvalue weighted by Crippen LogP contribution is 2.10. The fourth-order valence-electron chi connectivity index (χ4n) is 1.17. The maximum atomic E-state index is 11.5. The maximum absolute atomic E-state index is 11.5. The summed E-state index contributed by atoms with van der Waals surface area (Å²) >= 11 is 5.74. The molecule has 0 saturated carbocycles. The Hall–Kier alpha value is -1.79. The van der Waals surface area contributed by atoms with E-state index in [0.717, 1.165) is 5.56 Å². The molecule has 0 atom stereocenters. The van der Waals surface area contributed by atoms with E-state index >= 15 is 0 Å². The summed E-state index contributed by atoms with van der Waals surface area (Å²) in [6, 6.07) is 6.52. The van der Waals surface area contributed by atoms with Gasteiger partial charge in [-0.05, 0) is 17.7 Å². The summed E-state index contributed by atoms with van der Waals surface area (Å²) in [5.41, 5.74) is 2.92. The topological polar surface area (TPSA) is 78.9 Å². The molecule has 2 amide bonds. The highest BCUT2D eigenvalue weighted by Gasteiger charge is 2.09. The van der Waals surface area contributed by atoms with Crippen LogP contribution in [0.4, 0.5) is 4.79 Å². The number of hydrogen-bond donors (Lipinski definition) is 2. The number of carbonyl (C=O) groups excluding carboxylic acids is 1. The van der Waals surface area contributed by atoms with Crippen LogP contribution in [0.2, 0.25) is 5.02 Å². The van der Waals surface area contributed by atoms with E-state index in [-0.39, 0.29) is 0 Å². The predicted octanol–water partition coefficient (Wildman–Crippen LogP) is 1.50. The van der Waals surface area contributed by atoms with Gasteiger partial charge in [0.25, 0.3) is 0 Å². The van der Waals surface area contributed by atoms with Gasteiger partial charge in [0.2, 0.25) is 0 Å². The second-order valence-electron chi connectivity index (χ2n) is 3.57. The fraction of sp³-hybridized carbons (Fsp3) is 0.273. The molecule has 0 aliphatic rings. The number of carboxylic acid groups (broad SMARTS) is 1. The molecule has 18 heavy (non-hydrogen) atoms. The van der Waals surface area contributed by atoms with Gasteiger partial charge in [0.05, 0.1) is 0 Å². The SMILES string of the molecule is CN(Cc1ccc(Cl)cc1)C(=O)NOCC(=O)O. The van der Waals surface area contributed by atoms with E-state index in [2.05, 4.69) is 4.84 Å². The van der Waals surface area contributed by atoms with Gasteiger partial charge in [-0.15, -0.1) is 0 Å². The van der Waals surface area contributed by atoms with E-state index in [1.165, 1.54) is 4.90 Å². The Balaban J connectivity index is 2.39. The normalized spacial score (nSPS) is 9.89. The number of halogens is 1. The van der Waals surface area contributed by atoms with Crippen molar-refractivity contribution in [3.63, 3.8) is 0 Å². The Morgan fingerprint density at radius 1 is 1.39 bits per heavy atom. The predicted molar refractivity (Wildman–Crippen MR) is 65.0 cm³/mol. The maximum Gasteiger partial charge on any atom is 0.341 e. The molecule has 1 aromatic rings. The lowest BCUT2D eigenvalue weighted by atomic mass is 10.2. The third-order valence-corrected chi connectivity index (χ3v) is 2.29. The molecular formula is C11H13ClN2O4. The van der Waals surface area contributed by atoms with Crippen molar-refractivity contribution in [2.45, 2.75) is 6.54 Å². The average Bonchev–Trinajstić information content (AvgIpc) is 2.31. The molecule has 0 aliphatic carbocycles. The first kappa shape index (κ1) is 14.3. The number of carbonyl (C=O) groups is 2. The van der Waals surface area contributed by atoms with Crippen molar-refractivity contribution < 1.29 is 19.5 Å². The van der Waals surface area contributed by atoms with Crippen LogP contribution in [-0.2, 0) is 16.2 Å². The number of urea groups is 1. The molecule has 0 bridgehead atoms. The first-order valence-corrected chi connectivity index (χ1v) is 5.46. The molecule has 2 N–H and O–H groups in total. The van der Waals surface area contributed by atoms with Crippen LogP contribution < -0.4 is 5.48 Å². The van der Waals surface area contributed by atoms with Crippen LogP contribution in [0, 0.1) is 0 Å². The Bertz CT molecular complexity index is 422. The standard InChI is InChI=1S/C11H13ClN2O4/c1-14(11(17)13-18-7-10(15)16)6-8-2-4-9(12)5-3-8/h2-5H,6-7H2,1H3,(H,13,17)(H,15,16). The Labute approximate surface area is 109 Å². The summed E-state index contributed by atoms with van der Waals surface area (Å²) in [4.78, 5) is 27.5. The summed E-state index contributed by atoms with van der Waals surface area (Å²) in [5.74, 6) is -1.16. The number of benzene rings is 1. The van der Waals surface area contributed by atoms with Gasteiger partial charge in [0.1, 0.15) is 0 Å². The van der Waals surface area contributed by atoms with Gasteiger partial charge in [0, 0.05) is 18.6 Å². The lowest BCUT2D eigenvalue weighted by Crippen LogP contribution is -2.37. The van der Waals surface area contributed by atoms with Crippen molar-refractivity contribution in [1.82, 2.24) is 10.4 Å². The monoisotopic (exact) mass is 272 g/mol. The smallest absolute Gasteiger partial charge is 0.341 e. The van der Waals surface area contributed by atoms with Crippen LogP contribution >= 0.6 is 11.6 Å². The summed E-state index contributed by atoms with van der Waals surface area (Å²) in [6.07, 6.45) is 0. The minimum Gasteiger partial charge on any atom is -0.479 e. The minimum absolute atomic E-state index is 0.361. The van der Waals surface area contributed by atoms with Gasteiger partial charge in [-0.2, -0.15) is 0 Å². The fourth-order valence-corrected chi connectivity index (χ4v) is 1.30. The molecule has 0 heterocycles. The third kappa shape index (κ3) is 5.03. The van der Waals surface area contributed by atoms with E-state index in [9.17, 15) is 9.59 Å². The minimum atomic E-state index is -1.16. The van der Waals surface area contributed by atoms with E-state index in [1.54, 1.807) is 31.3 Å². The summed E-state index contributed by atoms with van der Waals surface area (Å²) in [6.45, 7) is -0.222. The van der Waals surface area contributed by atoms with Gasteiger partial charge < -0.3 is 10.0 Å². The number of hydrogen-bond acceptors (Lipinski definition) is 3. The van der Waals surface area contributed by atoms with Crippen LogP contribution in [0.1, 0.15) is 5.56 Å². The van der Waals surface area contributed by atoms with Crippen LogP contribution in [0.15, 0.2) is 24.3 Å². The number of amides is 2. The van der Waals surface area contributed by atoms with Crippen molar-refractivity contribution in [2.24, 2.45) is 0 Å². The lowest BCUT2D eigenvalue weighted by molar-refractivity contribution is -0.144. The number of hydroxylamine groups is 1. The second-order valence-corrected chi connectivity index (χ2v) is 4.01. The molecule has 0 spiro atoms. The van der Waals surface area contributed by atoms with Crippen LogP contribution in [0.25, 0.3) is 0 Å². The zero-order valence-corrected chi connectivity index (χ0v) is 10.5. The van der Waals surface area contributed by atoms with Crippen molar-refractivity contribution in [3.05, 3.63) is 34.9 Å². The van der Waals surface area contributed by atoms with Crippen molar-refractivity contribution >= 4 is 23.6 Å². The molecule has 0 aromatic heterocycles. The van der Waals surface area contributed by atoms with Gasteiger partial charge in [0.15, 0.2) is 6.61 Å². The number of carboxylic acids is 1. The van der Waals surface area contributed by atoms with Gasteiger partial charge in [-0.1, -0.05) is 23.7 Å². The highest BCUT2D eigenvalue weighted by molar-refractivity contribution is 6.30. The highest BCUT2D eigenvalue weighted by atomic mass is 35.5. The molecule has 0 radical (unpaired) electrons. The van der Waals surface area contributed by atoms with E-state index < -0.39 is 18.6 Å². The van der Waals surface area contributed by atoms with Crippen molar-refractivity contribution in [2.75, 3.05) is 13.7 Å². The van der Waals surface area contributed by atoms with Crippen LogP contribution in [0.3, 0.4) is 0 Å². The number of rotatable bonds is 5. The molecular weight excluding hydrogens is 260 g/mol. The van der Waals surface area contributed by atoms with E-state index in [0.29, 0.717) is 11.6 Å². The van der Waals surface area contributed by atoms with E-state index in [1.807, 2.05) is 5.48 Å². The second kappa shape index (κ2) is 6.83. The molecule has 0 aliphatic heterocycles. The first-order chi connectivity index (χ1) is 8.49. The zero-order chi connectivity index (χ0) is 13.5. The summed E-state index contributed by atoms with van der Waals surface area (Å²) in [7, 11) is 1.56. The first-order valence-electron chi connectivity index (χ1n) is 5.08. The molecule has 98 valence electrons. The van der Waals surface area contributed by atoms with Crippen LogP contribution in [0.5, 0.6) is 0 Å². The summed E-state index contributed by atoms with van der Waals surface area (Å²) < 4.78 is 0. The molecule has 0 saturated heterocycles. The summed E-state index contributed by atoms with van der Waals surface area (Å²) in [5, 5.41) is 8.94. The molecule has 7 heteroatoms. The van der Waals surface area contributed by atoms with Gasteiger partial charge >= 0.3 is 12.0 Å². The molecule has 1 aromatic carbocycles. The Kier molecular flexibility index (Phi) is 5.41. The largest absolute Gasteiger partial charge is 0.479 e. The van der Waals surface area contributed by atoms with E-state index in [4.69, 9.17) is 16.7 Å². The van der Waals surface area contributed by atoms with Crippen molar-refractivity contribution in [3.8, 4) is 0 Å². The third-order valence-electron chi connectivity index (χ3n) is 2.03. The number of nitrogens with zero attached hydrogens (tertiary/aromatic N) is 1. The zero-order valence-electron chi connectivity index (χ0n) is 9.72. The molecule has 0 fully saturated rings. The molecule has 1 rings (SSSR count). The Morgan fingerprint density at radius 3 is 2.56 bits per heavy atom. The van der Waals surface area contributed by atoms with Crippen molar-refractivity contribution in [1.29, 1.82) is 0 Å². The Morgan fingerprint density at radius 2 is 2.00 bits per heavy atom. The number of nitrogens with one attached hydrogen (secondary N) is 1. The quantitative estimate of drug-likeness (QED) is 0.796. The lowest BCUT2D eigenvalue weighted by Gasteiger charge is -2.17. The molecule has 0 unspecified atom stereocenters. The number of aliphatic carboxylic acids is 1. The average molecular weight is 273 g/mol. The molecule has 6 nitrogen and oxygen atoms in total. The van der Waals surface area contributed by atoms with Crippen LogP contribution in [-0.4, -0.2) is 35.7 Å². The van der Waals surface area contributed by atoms with Gasteiger partial charge in [-0.25, -0.2) is 15.1 Å².